The Labute approximate surface area is 161 Å². The Bertz CT molecular complexity index is 964. The average molecular weight is 412 g/mol. The molecule has 0 spiro atoms. The molecule has 150 valence electrons. The van der Waals surface area contributed by atoms with Crippen molar-refractivity contribution in [1.82, 2.24) is 4.31 Å². The van der Waals surface area contributed by atoms with Gasteiger partial charge in [0.1, 0.15) is 18.2 Å². The fourth-order valence-corrected chi connectivity index (χ4v) is 3.25. The van der Waals surface area contributed by atoms with Gasteiger partial charge in [0, 0.05) is 7.05 Å². The Morgan fingerprint density at radius 1 is 1.11 bits per heavy atom. The number of hydrogen-bond donors (Lipinski definition) is 1. The molecule has 0 unspecified atom stereocenters. The molecule has 0 saturated carbocycles. The first-order valence-corrected chi connectivity index (χ1v) is 9.52. The van der Waals surface area contributed by atoms with E-state index >= 15 is 0 Å². The predicted molar refractivity (Wildman–Crippen MR) is 96.8 cm³/mol. The van der Waals surface area contributed by atoms with Gasteiger partial charge >= 0.3 is 5.97 Å². The molecule has 0 aliphatic heterocycles. The number of sulfonamides is 1. The van der Waals surface area contributed by atoms with Crippen molar-refractivity contribution in [3.63, 3.8) is 0 Å². The fourth-order valence-electron chi connectivity index (χ4n) is 2.14. The standard InChI is InChI=1S/C18H18F2N2O5S/c1-12(18(24)21-16-6-4-3-5-15(16)20)27-17(23)11-22(2)28(25,26)14-9-7-13(19)8-10-14/h3-10,12H,11H2,1-2H3,(H,21,24)/t12-/m1/s1. The van der Waals surface area contributed by atoms with Gasteiger partial charge in [0.05, 0.1) is 10.6 Å². The third kappa shape index (κ3) is 5.33. The lowest BCUT2D eigenvalue weighted by molar-refractivity contribution is -0.153. The number of carbonyl (C=O) groups excluding carboxylic acids is 2. The van der Waals surface area contributed by atoms with Crippen LogP contribution in [0.25, 0.3) is 0 Å². The number of nitrogens with zero attached hydrogens (tertiary/aromatic N) is 1. The summed E-state index contributed by atoms with van der Waals surface area (Å²) >= 11 is 0. The van der Waals surface area contributed by atoms with E-state index in [4.69, 9.17) is 4.74 Å². The minimum atomic E-state index is -4.05. The molecule has 0 aliphatic rings. The molecule has 0 saturated heterocycles. The predicted octanol–water partition coefficient (Wildman–Crippen LogP) is 2.16. The summed E-state index contributed by atoms with van der Waals surface area (Å²) in [6.45, 7) is 0.597. The zero-order chi connectivity index (χ0) is 20.9. The van der Waals surface area contributed by atoms with Gasteiger partial charge in [-0.2, -0.15) is 4.31 Å². The second-order valence-corrected chi connectivity index (χ2v) is 7.86. The van der Waals surface area contributed by atoms with E-state index in [0.29, 0.717) is 4.31 Å². The molecule has 10 heteroatoms. The van der Waals surface area contributed by atoms with Crippen LogP contribution in [-0.2, 0) is 24.3 Å². The third-order valence-electron chi connectivity index (χ3n) is 3.68. The van der Waals surface area contributed by atoms with Crippen molar-refractivity contribution >= 4 is 27.6 Å². The Kier molecular flexibility index (Phi) is 6.81. The maximum absolute atomic E-state index is 13.5. The molecule has 0 radical (unpaired) electrons. The zero-order valence-electron chi connectivity index (χ0n) is 15.1. The lowest BCUT2D eigenvalue weighted by atomic mass is 10.3. The summed E-state index contributed by atoms with van der Waals surface area (Å²) in [6, 6.07) is 9.55. The van der Waals surface area contributed by atoms with Gasteiger partial charge in [-0.25, -0.2) is 17.2 Å². The highest BCUT2D eigenvalue weighted by Gasteiger charge is 2.26. The van der Waals surface area contributed by atoms with Crippen molar-refractivity contribution in [2.24, 2.45) is 0 Å². The van der Waals surface area contributed by atoms with E-state index in [-0.39, 0.29) is 10.6 Å². The highest BCUT2D eigenvalue weighted by molar-refractivity contribution is 7.89. The number of carbonyl (C=O) groups is 2. The number of hydrogen-bond acceptors (Lipinski definition) is 5. The molecule has 1 N–H and O–H groups in total. The van der Waals surface area contributed by atoms with Crippen molar-refractivity contribution < 1.29 is 31.5 Å². The average Bonchev–Trinajstić information content (AvgIpc) is 2.63. The molecule has 0 fully saturated rings. The van der Waals surface area contributed by atoms with Crippen molar-refractivity contribution in [2.45, 2.75) is 17.9 Å². The second kappa shape index (κ2) is 8.89. The topological polar surface area (TPSA) is 92.8 Å². The van der Waals surface area contributed by atoms with Crippen LogP contribution in [0.4, 0.5) is 14.5 Å². The number of esters is 1. The van der Waals surface area contributed by atoms with Crippen LogP contribution in [-0.4, -0.2) is 44.3 Å². The highest BCUT2D eigenvalue weighted by Crippen LogP contribution is 2.15. The number of anilines is 1. The van der Waals surface area contributed by atoms with Gasteiger partial charge in [0.25, 0.3) is 5.91 Å². The summed E-state index contributed by atoms with van der Waals surface area (Å²) < 4.78 is 56.8. The van der Waals surface area contributed by atoms with Crippen LogP contribution < -0.4 is 5.32 Å². The number of amides is 1. The van der Waals surface area contributed by atoms with Gasteiger partial charge in [0.2, 0.25) is 10.0 Å². The van der Waals surface area contributed by atoms with E-state index in [1.165, 1.54) is 25.1 Å². The maximum atomic E-state index is 13.5. The first-order valence-electron chi connectivity index (χ1n) is 8.08. The SMILES string of the molecule is C[C@@H](OC(=O)CN(C)S(=O)(=O)c1ccc(F)cc1)C(=O)Nc1ccccc1F. The van der Waals surface area contributed by atoms with Gasteiger partial charge in [0.15, 0.2) is 6.10 Å². The maximum Gasteiger partial charge on any atom is 0.322 e. The minimum Gasteiger partial charge on any atom is -0.452 e. The Morgan fingerprint density at radius 3 is 2.32 bits per heavy atom. The number of ether oxygens (including phenoxy) is 1. The van der Waals surface area contributed by atoms with Crippen LogP contribution in [0.5, 0.6) is 0 Å². The van der Waals surface area contributed by atoms with Crippen LogP contribution in [0.2, 0.25) is 0 Å². The van der Waals surface area contributed by atoms with Gasteiger partial charge < -0.3 is 10.1 Å². The van der Waals surface area contributed by atoms with Gasteiger partial charge in [-0.3, -0.25) is 9.59 Å². The minimum absolute atomic E-state index is 0.0774. The number of para-hydroxylation sites is 1. The normalized spacial score (nSPS) is 12.5. The molecule has 1 amide bonds. The summed E-state index contributed by atoms with van der Waals surface area (Å²) in [5.41, 5.74) is -0.0774. The number of nitrogens with one attached hydrogen (secondary N) is 1. The van der Waals surface area contributed by atoms with E-state index in [1.807, 2.05) is 0 Å². The van der Waals surface area contributed by atoms with Crippen molar-refractivity contribution in [3.05, 3.63) is 60.2 Å². The van der Waals surface area contributed by atoms with Crippen LogP contribution >= 0.6 is 0 Å². The molecule has 1 atom stereocenters. The first kappa shape index (κ1) is 21.5. The molecule has 0 aliphatic carbocycles. The molecule has 0 aromatic heterocycles. The molecular weight excluding hydrogens is 394 g/mol. The molecule has 0 bridgehead atoms. The molecular formula is C18H18F2N2O5S. The zero-order valence-corrected chi connectivity index (χ0v) is 15.9. The Hall–Kier alpha value is -2.85. The van der Waals surface area contributed by atoms with E-state index in [0.717, 1.165) is 37.4 Å². The number of benzene rings is 2. The summed E-state index contributed by atoms with van der Waals surface area (Å²) in [6.07, 6.45) is -1.28. The molecule has 2 rings (SSSR count). The van der Waals surface area contributed by atoms with E-state index in [9.17, 15) is 26.8 Å². The molecule has 7 nitrogen and oxygen atoms in total. The Morgan fingerprint density at radius 2 is 1.71 bits per heavy atom. The fraction of sp³-hybridized carbons (Fsp3) is 0.222. The molecule has 28 heavy (non-hydrogen) atoms. The van der Waals surface area contributed by atoms with Crippen LogP contribution in [0.1, 0.15) is 6.92 Å². The van der Waals surface area contributed by atoms with Crippen molar-refractivity contribution in [3.8, 4) is 0 Å². The Balaban J connectivity index is 1.95. The number of rotatable bonds is 7. The second-order valence-electron chi connectivity index (χ2n) is 5.82. The van der Waals surface area contributed by atoms with Crippen LogP contribution in [0, 0.1) is 11.6 Å². The smallest absolute Gasteiger partial charge is 0.322 e. The summed E-state index contributed by atoms with van der Waals surface area (Å²) in [4.78, 5) is 23.8. The highest BCUT2D eigenvalue weighted by atomic mass is 32.2. The van der Waals surface area contributed by atoms with Crippen LogP contribution in [0.3, 0.4) is 0 Å². The van der Waals surface area contributed by atoms with Crippen LogP contribution in [0.15, 0.2) is 53.4 Å². The van der Waals surface area contributed by atoms with Crippen molar-refractivity contribution in [1.29, 1.82) is 0 Å². The number of likely N-dealkylation sites (N-methyl/N-ethyl adjacent to an activating group) is 1. The third-order valence-corrected chi connectivity index (χ3v) is 5.50. The van der Waals surface area contributed by atoms with Gasteiger partial charge in [-0.05, 0) is 43.3 Å². The largest absolute Gasteiger partial charge is 0.452 e. The van der Waals surface area contributed by atoms with Crippen molar-refractivity contribution in [2.75, 3.05) is 18.9 Å². The van der Waals surface area contributed by atoms with E-state index in [1.54, 1.807) is 0 Å². The van der Waals surface area contributed by atoms with E-state index in [2.05, 4.69) is 5.32 Å². The van der Waals surface area contributed by atoms with Gasteiger partial charge in [-0.1, -0.05) is 12.1 Å². The van der Waals surface area contributed by atoms with E-state index < -0.39 is 46.2 Å². The first-order chi connectivity index (χ1) is 13.1. The molecule has 0 heterocycles. The monoisotopic (exact) mass is 412 g/mol. The summed E-state index contributed by atoms with van der Waals surface area (Å²) in [7, 11) is -2.90. The quantitative estimate of drug-likeness (QED) is 0.704. The summed E-state index contributed by atoms with van der Waals surface area (Å²) in [5.74, 6) is -3.01. The molecule has 2 aromatic rings. The summed E-state index contributed by atoms with van der Waals surface area (Å²) in [5, 5.41) is 2.27. The molecule has 2 aromatic carbocycles. The number of halogens is 2. The van der Waals surface area contributed by atoms with Gasteiger partial charge in [-0.15, -0.1) is 0 Å². The lowest BCUT2D eigenvalue weighted by Gasteiger charge is -2.18. The lowest BCUT2D eigenvalue weighted by Crippen LogP contribution is -2.37.